The number of rotatable bonds is 33. The van der Waals surface area contributed by atoms with Gasteiger partial charge in [0.25, 0.3) is 0 Å². The van der Waals surface area contributed by atoms with Gasteiger partial charge in [0.2, 0.25) is 29.5 Å². The summed E-state index contributed by atoms with van der Waals surface area (Å²) in [7, 11) is 0. The first-order chi connectivity index (χ1) is 38.1. The molecule has 0 saturated carbocycles. The molecule has 7 N–H and O–H groups in total. The lowest BCUT2D eigenvalue weighted by Gasteiger charge is -2.34. The molecule has 0 fully saturated rings. The fraction of sp³-hybridized carbons (Fsp3) is 0.333. The number of nitrogens with one attached hydrogen (secondary N) is 1. The second-order valence-corrected chi connectivity index (χ2v) is 19.4. The first-order valence-corrected chi connectivity index (χ1v) is 27.1. The smallest absolute Gasteiger partial charge is 0.242 e. The number of hydrogen-bond donors (Lipinski definition) is 4. The first-order valence-electron chi connectivity index (χ1n) is 27.1. The van der Waals surface area contributed by atoms with E-state index in [-0.39, 0.29) is 89.7 Å². The molecule has 0 aromatic heterocycles. The fourth-order valence-corrected chi connectivity index (χ4v) is 9.60. The Bertz CT molecular complexity index is 2610. The zero-order chi connectivity index (χ0) is 55.3. The molecule has 0 aliphatic heterocycles. The Morgan fingerprint density at radius 1 is 0.372 bits per heavy atom. The molecule has 6 rings (SSSR count). The molecule has 0 saturated heterocycles. The number of amides is 5. The van der Waals surface area contributed by atoms with E-state index in [0.29, 0.717) is 38.6 Å². The molecule has 0 bridgehead atoms. The molecule has 15 heteroatoms. The summed E-state index contributed by atoms with van der Waals surface area (Å²) in [5.41, 5.74) is 23.5. The van der Waals surface area contributed by atoms with E-state index in [1.807, 2.05) is 182 Å². The maximum atomic E-state index is 15.3. The molecule has 5 amide bonds. The normalized spacial score (nSPS) is 11.1. The average molecular weight is 1060 g/mol. The highest BCUT2D eigenvalue weighted by atomic mass is 16.2. The van der Waals surface area contributed by atoms with Gasteiger partial charge in [0.1, 0.15) is 6.29 Å². The van der Waals surface area contributed by atoms with Crippen LogP contribution in [0.15, 0.2) is 182 Å². The predicted molar refractivity (Wildman–Crippen MR) is 307 cm³/mol. The van der Waals surface area contributed by atoms with Gasteiger partial charge < -0.3 is 51.8 Å². The van der Waals surface area contributed by atoms with Crippen LogP contribution < -0.4 is 22.5 Å². The first kappa shape index (κ1) is 59.4. The van der Waals surface area contributed by atoms with Crippen molar-refractivity contribution in [1.82, 2.24) is 29.8 Å². The Labute approximate surface area is 460 Å². The molecule has 0 atom stereocenters. The van der Waals surface area contributed by atoms with Crippen molar-refractivity contribution >= 4 is 35.8 Å². The van der Waals surface area contributed by atoms with Gasteiger partial charge in [-0.3, -0.25) is 24.0 Å². The van der Waals surface area contributed by atoms with Gasteiger partial charge in [-0.05, 0) is 78.8 Å². The van der Waals surface area contributed by atoms with E-state index in [9.17, 15) is 24.0 Å². The van der Waals surface area contributed by atoms with Crippen LogP contribution in [0.5, 0.6) is 0 Å². The van der Waals surface area contributed by atoms with Crippen LogP contribution in [0.25, 0.3) is 0 Å². The summed E-state index contributed by atoms with van der Waals surface area (Å²) in [6, 6.07) is 58.5. The second-order valence-electron chi connectivity index (χ2n) is 19.4. The van der Waals surface area contributed by atoms with E-state index < -0.39 is 42.6 Å². The third-order valence-electron chi connectivity index (χ3n) is 13.9. The van der Waals surface area contributed by atoms with Crippen molar-refractivity contribution in [3.63, 3.8) is 0 Å². The third kappa shape index (κ3) is 18.4. The van der Waals surface area contributed by atoms with E-state index in [1.165, 1.54) is 19.6 Å². The van der Waals surface area contributed by atoms with Crippen LogP contribution in [-0.2, 0) is 28.8 Å². The summed E-state index contributed by atoms with van der Waals surface area (Å²) >= 11 is 0. The van der Waals surface area contributed by atoms with Crippen LogP contribution in [0, 0.1) is 0 Å². The molecule has 0 aliphatic rings. The zero-order valence-corrected chi connectivity index (χ0v) is 44.8. The highest BCUT2D eigenvalue weighted by Gasteiger charge is 2.32. The monoisotopic (exact) mass is 1060 g/mol. The molecule has 6 aromatic carbocycles. The van der Waals surface area contributed by atoms with E-state index in [2.05, 4.69) is 5.32 Å². The minimum atomic E-state index is -0.514. The van der Waals surface area contributed by atoms with Gasteiger partial charge in [-0.1, -0.05) is 182 Å². The molecule has 0 heterocycles. The van der Waals surface area contributed by atoms with E-state index in [0.717, 1.165) is 33.4 Å². The topological polar surface area (TPSA) is 209 Å². The lowest BCUT2D eigenvalue weighted by molar-refractivity contribution is -0.147. The SMILES string of the molecule is NCCCNCC(=O)N(CC(=O)N(CCCN)CC(=O)N(CC(=O)N(CCCN)CC(=O)N(CC=O)CC(c1ccccc1)c1ccccc1)CC(c1ccccc1)c1ccccc1)CC(c1ccccc1)c1ccccc1. The van der Waals surface area contributed by atoms with Gasteiger partial charge in [0, 0.05) is 50.5 Å². The molecule has 78 heavy (non-hydrogen) atoms. The highest BCUT2D eigenvalue weighted by molar-refractivity contribution is 5.92. The number of benzene rings is 6. The Hall–Kier alpha value is -7.82. The van der Waals surface area contributed by atoms with Gasteiger partial charge in [0.05, 0.1) is 39.3 Å². The average Bonchev–Trinajstić information content (AvgIpc) is 3.48. The van der Waals surface area contributed by atoms with Crippen LogP contribution in [0.3, 0.4) is 0 Å². The molecule has 0 spiro atoms. The molecule has 0 aliphatic carbocycles. The van der Waals surface area contributed by atoms with Crippen LogP contribution in [0.1, 0.15) is 70.4 Å². The molecule has 6 aromatic rings. The van der Waals surface area contributed by atoms with Gasteiger partial charge in [-0.15, -0.1) is 0 Å². The Kier molecular flexibility index (Phi) is 24.9. The summed E-state index contributed by atoms with van der Waals surface area (Å²) in [6.07, 6.45) is 2.07. The van der Waals surface area contributed by atoms with E-state index in [4.69, 9.17) is 17.2 Å². The molecule has 15 nitrogen and oxygen atoms in total. The molecular formula is C63H77N9O6. The van der Waals surface area contributed by atoms with Crippen LogP contribution in [0.2, 0.25) is 0 Å². The lowest BCUT2D eigenvalue weighted by Crippen LogP contribution is -2.52. The standard InChI is InChI=1S/C63H77N9O6/c64-34-19-37-67-42-59(74)71(44-57(52-26-11-3-12-27-52)53-28-13-4-14-29-53)48-61(76)69(39-21-36-66)47-63(78)72(45-58(54-30-15-5-16-31-54)55-32-17-6-18-33-55)49-62(77)68(38-20-35-65)46-60(75)70(40-41-73)43-56(50-22-7-1-8-23-50)51-24-9-2-10-25-51/h1-18,22-33,41,56-58,67H,19-21,34-40,42-49,64-66H2. The Morgan fingerprint density at radius 3 is 0.949 bits per heavy atom. The number of hydrogen-bond acceptors (Lipinski definition) is 10. The number of carbonyl (C=O) groups excluding carboxylic acids is 6. The van der Waals surface area contributed by atoms with E-state index >= 15 is 4.79 Å². The molecular weight excluding hydrogens is 979 g/mol. The second kappa shape index (κ2) is 32.7. The minimum Gasteiger partial charge on any atom is -0.333 e. The maximum absolute atomic E-state index is 15.3. The zero-order valence-electron chi connectivity index (χ0n) is 44.8. The molecule has 0 radical (unpaired) electrons. The molecule has 0 unspecified atom stereocenters. The van der Waals surface area contributed by atoms with Gasteiger partial charge >= 0.3 is 0 Å². The van der Waals surface area contributed by atoms with Crippen molar-refractivity contribution in [3.05, 3.63) is 215 Å². The van der Waals surface area contributed by atoms with Crippen LogP contribution in [-0.4, -0.2) is 158 Å². The lowest BCUT2D eigenvalue weighted by atomic mass is 9.90. The largest absolute Gasteiger partial charge is 0.333 e. The quantitative estimate of drug-likeness (QED) is 0.0302. The van der Waals surface area contributed by atoms with Crippen molar-refractivity contribution < 1.29 is 28.8 Å². The van der Waals surface area contributed by atoms with Crippen molar-refractivity contribution in [2.45, 2.75) is 37.0 Å². The number of aldehydes is 1. The summed E-state index contributed by atoms with van der Waals surface area (Å²) in [5, 5.41) is 3.18. The van der Waals surface area contributed by atoms with Crippen molar-refractivity contribution in [2.75, 3.05) is 98.2 Å². The Balaban J connectivity index is 1.31. The van der Waals surface area contributed by atoms with Crippen molar-refractivity contribution in [3.8, 4) is 0 Å². The van der Waals surface area contributed by atoms with E-state index in [1.54, 1.807) is 4.90 Å². The van der Waals surface area contributed by atoms with Crippen molar-refractivity contribution in [1.29, 1.82) is 0 Å². The van der Waals surface area contributed by atoms with Gasteiger partial charge in [-0.2, -0.15) is 0 Å². The minimum absolute atomic E-state index is 0.0295. The van der Waals surface area contributed by atoms with Gasteiger partial charge in [-0.25, -0.2) is 0 Å². The van der Waals surface area contributed by atoms with Crippen molar-refractivity contribution in [2.24, 2.45) is 17.2 Å². The fourth-order valence-electron chi connectivity index (χ4n) is 9.60. The predicted octanol–water partition coefficient (Wildman–Crippen LogP) is 5.46. The highest BCUT2D eigenvalue weighted by Crippen LogP contribution is 2.29. The summed E-state index contributed by atoms with van der Waals surface area (Å²) < 4.78 is 0. The van der Waals surface area contributed by atoms with Gasteiger partial charge in [0.15, 0.2) is 0 Å². The number of nitrogens with two attached hydrogens (primary N) is 3. The number of carbonyl (C=O) groups is 6. The summed E-state index contributed by atoms with van der Waals surface area (Å²) in [5.74, 6) is -3.18. The number of nitrogens with zero attached hydrogens (tertiary/aromatic N) is 5. The maximum Gasteiger partial charge on any atom is 0.242 e. The summed E-state index contributed by atoms with van der Waals surface area (Å²) in [4.78, 5) is 93.5. The molecule has 410 valence electrons. The summed E-state index contributed by atoms with van der Waals surface area (Å²) in [6.45, 7) is 0.233. The Morgan fingerprint density at radius 2 is 0.641 bits per heavy atom. The van der Waals surface area contributed by atoms with Crippen LogP contribution in [0.4, 0.5) is 0 Å². The third-order valence-corrected chi connectivity index (χ3v) is 13.9. The van der Waals surface area contributed by atoms with Crippen LogP contribution >= 0.6 is 0 Å².